The van der Waals surface area contributed by atoms with E-state index in [4.69, 9.17) is 18.9 Å². The highest BCUT2D eigenvalue weighted by molar-refractivity contribution is 6.15. The predicted octanol–water partition coefficient (Wildman–Crippen LogP) is 2.46. The zero-order chi connectivity index (χ0) is 21.8. The first-order valence-electron chi connectivity index (χ1n) is 9.90. The lowest BCUT2D eigenvalue weighted by molar-refractivity contribution is -0.910. The number of quaternary nitrogens is 1. The Hall–Kier alpha value is -3.19. The molecule has 2 N–H and O–H groups in total. The molecule has 0 spiro atoms. The van der Waals surface area contributed by atoms with E-state index in [-0.39, 0.29) is 17.3 Å². The van der Waals surface area contributed by atoms with Crippen LogP contribution in [-0.2, 0) is 6.54 Å². The Labute approximate surface area is 176 Å². The number of fused-ring (bicyclic) bond motifs is 1. The molecule has 0 aromatic heterocycles. The van der Waals surface area contributed by atoms with Gasteiger partial charge in [-0.25, -0.2) is 0 Å². The van der Waals surface area contributed by atoms with Gasteiger partial charge < -0.3 is 29.0 Å². The molecule has 1 aliphatic rings. The highest BCUT2D eigenvalue weighted by Crippen LogP contribution is 2.43. The van der Waals surface area contributed by atoms with Gasteiger partial charge in [0.1, 0.15) is 12.3 Å². The number of hydrogen-bond donors (Lipinski definition) is 2. The zero-order valence-corrected chi connectivity index (χ0v) is 18.0. The fourth-order valence-electron chi connectivity index (χ4n) is 3.60. The van der Waals surface area contributed by atoms with Gasteiger partial charge >= 0.3 is 0 Å². The van der Waals surface area contributed by atoms with Crippen molar-refractivity contribution in [1.82, 2.24) is 0 Å². The molecule has 2 aromatic rings. The molecule has 160 valence electrons. The number of rotatable bonds is 8. The second-order valence-electron chi connectivity index (χ2n) is 6.94. The molecular weight excluding hydrogens is 386 g/mol. The number of methoxy groups -OCH3 is 3. The molecule has 2 aromatic carbocycles. The molecule has 3 rings (SSSR count). The summed E-state index contributed by atoms with van der Waals surface area (Å²) in [6.07, 6.45) is 1.62. The van der Waals surface area contributed by atoms with E-state index in [0.29, 0.717) is 46.2 Å². The molecule has 7 heteroatoms. The number of allylic oxidation sites excluding steroid dienone is 1. The van der Waals surface area contributed by atoms with E-state index < -0.39 is 0 Å². The smallest absolute Gasteiger partial charge is 0.231 e. The average Bonchev–Trinajstić information content (AvgIpc) is 3.08. The first kappa shape index (κ1) is 21.5. The zero-order valence-electron chi connectivity index (χ0n) is 18.0. The Bertz CT molecular complexity index is 978. The van der Waals surface area contributed by atoms with Crippen LogP contribution in [0.5, 0.6) is 28.7 Å². The maximum absolute atomic E-state index is 13.0. The summed E-state index contributed by atoms with van der Waals surface area (Å²) in [5.74, 6) is 1.87. The molecule has 0 saturated heterocycles. The van der Waals surface area contributed by atoms with Gasteiger partial charge in [0.25, 0.3) is 0 Å². The third kappa shape index (κ3) is 3.80. The molecule has 0 saturated carbocycles. The number of carbonyl (C=O) groups is 1. The van der Waals surface area contributed by atoms with Gasteiger partial charge in [-0.1, -0.05) is 0 Å². The van der Waals surface area contributed by atoms with Gasteiger partial charge in [0.2, 0.25) is 11.5 Å². The summed E-state index contributed by atoms with van der Waals surface area (Å²) in [4.78, 5) is 14.3. The SMILES string of the molecule is CC[NH+](CC)Cc1c(O)ccc2c1OC(=Cc1ccc(OC)c(OC)c1OC)C2=O. The standard InChI is InChI=1S/C23H27NO6/c1-6-24(7-2)13-16-17(25)10-9-15-20(26)19(30-22(15)16)12-14-8-11-18(27-3)23(29-5)21(14)28-4/h8-12,25H,6-7,13H2,1-5H3/p+1. The van der Waals surface area contributed by atoms with Gasteiger partial charge in [0, 0.05) is 5.56 Å². The lowest BCUT2D eigenvalue weighted by atomic mass is 10.0. The van der Waals surface area contributed by atoms with E-state index in [1.807, 2.05) is 0 Å². The van der Waals surface area contributed by atoms with E-state index in [9.17, 15) is 9.90 Å². The number of phenolic OH excluding ortho intramolecular Hbond substituents is 1. The molecule has 0 amide bonds. The highest BCUT2D eigenvalue weighted by Gasteiger charge is 2.32. The van der Waals surface area contributed by atoms with Gasteiger partial charge in [-0.2, -0.15) is 0 Å². The number of phenols is 1. The fourth-order valence-corrected chi connectivity index (χ4v) is 3.60. The van der Waals surface area contributed by atoms with E-state index in [2.05, 4.69) is 13.8 Å². The minimum absolute atomic E-state index is 0.130. The minimum atomic E-state index is -0.238. The second kappa shape index (κ2) is 9.09. The molecule has 7 nitrogen and oxygen atoms in total. The van der Waals surface area contributed by atoms with E-state index >= 15 is 0 Å². The van der Waals surface area contributed by atoms with Gasteiger partial charge in [-0.3, -0.25) is 4.79 Å². The van der Waals surface area contributed by atoms with Gasteiger partial charge in [-0.05, 0) is 44.2 Å². The summed E-state index contributed by atoms with van der Waals surface area (Å²) in [7, 11) is 4.59. The van der Waals surface area contributed by atoms with Crippen LogP contribution in [0.25, 0.3) is 6.08 Å². The van der Waals surface area contributed by atoms with Crippen LogP contribution in [0.3, 0.4) is 0 Å². The monoisotopic (exact) mass is 414 g/mol. The van der Waals surface area contributed by atoms with Crippen LogP contribution in [0, 0.1) is 0 Å². The Morgan fingerprint density at radius 1 is 1.00 bits per heavy atom. The largest absolute Gasteiger partial charge is 0.507 e. The van der Waals surface area contributed by atoms with Crippen molar-refractivity contribution in [2.75, 3.05) is 34.4 Å². The molecule has 1 aliphatic heterocycles. The normalized spacial score (nSPS) is 14.1. The molecule has 1 heterocycles. The minimum Gasteiger partial charge on any atom is -0.507 e. The van der Waals surface area contributed by atoms with Crippen molar-refractivity contribution in [3.05, 3.63) is 46.7 Å². The molecule has 0 bridgehead atoms. The summed E-state index contributed by atoms with van der Waals surface area (Å²) >= 11 is 0. The Kier molecular flexibility index (Phi) is 6.52. The van der Waals surface area contributed by atoms with Gasteiger partial charge in [0.15, 0.2) is 23.0 Å². The lowest BCUT2D eigenvalue weighted by Crippen LogP contribution is -3.10. The number of benzene rings is 2. The number of carbonyl (C=O) groups excluding carboxylic acids is 1. The van der Waals surface area contributed by atoms with Gasteiger partial charge in [0.05, 0.1) is 45.5 Å². The van der Waals surface area contributed by atoms with Crippen LogP contribution in [0.15, 0.2) is 30.0 Å². The van der Waals surface area contributed by atoms with E-state index in [1.54, 1.807) is 37.5 Å². The van der Waals surface area contributed by atoms with Crippen molar-refractivity contribution >= 4 is 11.9 Å². The Morgan fingerprint density at radius 2 is 1.70 bits per heavy atom. The van der Waals surface area contributed by atoms with E-state index in [0.717, 1.165) is 13.1 Å². The van der Waals surface area contributed by atoms with Crippen LogP contribution >= 0.6 is 0 Å². The molecule has 0 fully saturated rings. The quantitative estimate of drug-likeness (QED) is 0.646. The van der Waals surface area contributed by atoms with Gasteiger partial charge in [-0.15, -0.1) is 0 Å². The Morgan fingerprint density at radius 3 is 2.30 bits per heavy atom. The van der Waals surface area contributed by atoms with E-state index in [1.165, 1.54) is 19.1 Å². The summed E-state index contributed by atoms with van der Waals surface area (Å²) in [6.45, 7) is 6.54. The molecule has 0 unspecified atom stereocenters. The average molecular weight is 414 g/mol. The predicted molar refractivity (Wildman–Crippen MR) is 113 cm³/mol. The number of Topliss-reactive ketones (excluding diaryl/α,β-unsaturated/α-hetero) is 1. The second-order valence-corrected chi connectivity index (χ2v) is 6.94. The van der Waals surface area contributed by atoms with Crippen LogP contribution in [-0.4, -0.2) is 45.3 Å². The number of nitrogens with one attached hydrogen (secondary N) is 1. The highest BCUT2D eigenvalue weighted by atomic mass is 16.5. The van der Waals surface area contributed by atoms with Crippen LogP contribution in [0.2, 0.25) is 0 Å². The lowest BCUT2D eigenvalue weighted by Gasteiger charge is -2.17. The Balaban J connectivity index is 2.04. The van der Waals surface area contributed by atoms with Crippen molar-refractivity contribution in [1.29, 1.82) is 0 Å². The first-order valence-corrected chi connectivity index (χ1v) is 9.90. The molecule has 30 heavy (non-hydrogen) atoms. The van der Waals surface area contributed by atoms with Crippen LogP contribution in [0.4, 0.5) is 0 Å². The van der Waals surface area contributed by atoms with Crippen molar-refractivity contribution in [2.45, 2.75) is 20.4 Å². The van der Waals surface area contributed by atoms with Crippen LogP contribution < -0.4 is 23.8 Å². The third-order valence-corrected chi connectivity index (χ3v) is 5.36. The topological polar surface area (TPSA) is 78.7 Å². The maximum Gasteiger partial charge on any atom is 0.231 e. The fraction of sp³-hybridized carbons (Fsp3) is 0.348. The van der Waals surface area contributed by atoms with Crippen molar-refractivity contribution in [3.8, 4) is 28.7 Å². The summed E-state index contributed by atoms with van der Waals surface area (Å²) in [5, 5.41) is 10.4. The molecular formula is C23H28NO6+. The molecule has 0 atom stereocenters. The number of hydrogen-bond acceptors (Lipinski definition) is 6. The maximum atomic E-state index is 13.0. The van der Waals surface area contributed by atoms with Crippen molar-refractivity contribution in [3.63, 3.8) is 0 Å². The van der Waals surface area contributed by atoms with Crippen molar-refractivity contribution < 1.29 is 33.7 Å². The van der Waals surface area contributed by atoms with Crippen molar-refractivity contribution in [2.24, 2.45) is 0 Å². The number of ketones is 1. The molecule has 0 aliphatic carbocycles. The summed E-state index contributed by atoms with van der Waals surface area (Å²) in [6, 6.07) is 6.66. The third-order valence-electron chi connectivity index (χ3n) is 5.36. The van der Waals surface area contributed by atoms with Crippen LogP contribution in [0.1, 0.15) is 35.3 Å². The first-order chi connectivity index (χ1) is 14.5. The number of aromatic hydroxyl groups is 1. The number of ether oxygens (including phenoxy) is 4. The molecule has 0 radical (unpaired) electrons. The summed E-state index contributed by atoms with van der Waals surface area (Å²) in [5.41, 5.74) is 1.70. The summed E-state index contributed by atoms with van der Waals surface area (Å²) < 4.78 is 22.2.